The van der Waals surface area contributed by atoms with E-state index < -0.39 is 11.0 Å². The Labute approximate surface area is 194 Å². The molecular formula is C28H28N2O3. The van der Waals surface area contributed by atoms with E-state index >= 15 is 0 Å². The molecule has 4 rings (SSSR count). The molecule has 0 radical (unpaired) electrons. The maximum atomic E-state index is 13.4. The van der Waals surface area contributed by atoms with Crippen molar-refractivity contribution in [2.45, 2.75) is 45.1 Å². The van der Waals surface area contributed by atoms with Gasteiger partial charge >= 0.3 is 0 Å². The fourth-order valence-corrected chi connectivity index (χ4v) is 5.05. The third kappa shape index (κ3) is 4.19. The summed E-state index contributed by atoms with van der Waals surface area (Å²) in [5, 5.41) is 11.1. The molecule has 0 spiro atoms. The lowest BCUT2D eigenvalue weighted by molar-refractivity contribution is -0.384. The number of para-hydroxylation sites is 1. The number of carbonyl (C=O) groups is 1. The summed E-state index contributed by atoms with van der Waals surface area (Å²) in [5.41, 5.74) is 4.26. The van der Waals surface area contributed by atoms with E-state index in [2.05, 4.69) is 26.8 Å². The number of anilines is 1. The van der Waals surface area contributed by atoms with Gasteiger partial charge in [-0.3, -0.25) is 14.9 Å². The van der Waals surface area contributed by atoms with E-state index in [9.17, 15) is 14.9 Å². The summed E-state index contributed by atoms with van der Waals surface area (Å²) in [6.07, 6.45) is 4.17. The van der Waals surface area contributed by atoms with Crippen LogP contribution in [0.2, 0.25) is 0 Å². The van der Waals surface area contributed by atoms with E-state index in [0.29, 0.717) is 6.42 Å². The first-order chi connectivity index (χ1) is 15.6. The molecule has 33 heavy (non-hydrogen) atoms. The molecule has 1 atom stereocenters. The van der Waals surface area contributed by atoms with Crippen LogP contribution in [0.4, 0.5) is 11.4 Å². The molecule has 0 saturated carbocycles. The zero-order chi connectivity index (χ0) is 23.8. The Morgan fingerprint density at radius 1 is 0.970 bits per heavy atom. The number of nitro benzene ring substituents is 1. The quantitative estimate of drug-likeness (QED) is 0.266. The van der Waals surface area contributed by atoms with Crippen molar-refractivity contribution in [3.05, 3.63) is 111 Å². The minimum absolute atomic E-state index is 0.0706. The van der Waals surface area contributed by atoms with Crippen LogP contribution in [0.15, 0.2) is 78.9 Å². The van der Waals surface area contributed by atoms with Crippen molar-refractivity contribution in [1.29, 1.82) is 0 Å². The molecule has 168 valence electrons. The molecule has 3 aromatic rings. The molecule has 1 aliphatic rings. The molecule has 0 bridgehead atoms. The number of amides is 1. The molecule has 0 aliphatic carbocycles. The number of rotatable bonds is 4. The normalized spacial score (nSPS) is 19.3. The van der Waals surface area contributed by atoms with Crippen LogP contribution >= 0.6 is 0 Å². The van der Waals surface area contributed by atoms with Crippen molar-refractivity contribution in [1.82, 2.24) is 0 Å². The third-order valence-electron chi connectivity index (χ3n) is 6.56. The number of non-ortho nitro benzene ring substituents is 1. The van der Waals surface area contributed by atoms with Crippen molar-refractivity contribution in [2.75, 3.05) is 4.90 Å². The van der Waals surface area contributed by atoms with E-state index in [-0.39, 0.29) is 16.5 Å². The first kappa shape index (κ1) is 22.5. The Hall–Kier alpha value is -3.73. The number of carbonyl (C=O) groups excluding carboxylic acids is 1. The maximum Gasteiger partial charge on any atom is 0.269 e. The Bertz CT molecular complexity index is 1230. The standard InChI is InChI=1S/C28H28N2O3/c1-20-9-11-21(12-10-20)13-18-26(31)29-25-8-6-5-7-24(25)28(4,19-27(29,2)3)22-14-16-23(17-15-22)30(32)33/h5-18H,19H2,1-4H3/b18-13+. The number of benzene rings is 3. The number of aryl methyl sites for hydroxylation is 1. The van der Waals surface area contributed by atoms with Crippen molar-refractivity contribution >= 4 is 23.4 Å². The highest BCUT2D eigenvalue weighted by Gasteiger charge is 2.47. The summed E-state index contributed by atoms with van der Waals surface area (Å²) in [5.74, 6) is -0.0706. The van der Waals surface area contributed by atoms with Gasteiger partial charge in [-0.25, -0.2) is 0 Å². The lowest BCUT2D eigenvalue weighted by atomic mass is 9.65. The van der Waals surface area contributed by atoms with Crippen LogP contribution in [0.3, 0.4) is 0 Å². The van der Waals surface area contributed by atoms with Crippen LogP contribution in [0.5, 0.6) is 0 Å². The van der Waals surface area contributed by atoms with E-state index in [1.54, 1.807) is 18.2 Å². The molecule has 0 saturated heterocycles. The number of fused-ring (bicyclic) bond motifs is 1. The van der Waals surface area contributed by atoms with E-state index in [4.69, 9.17) is 0 Å². The number of nitrogens with zero attached hydrogens (tertiary/aromatic N) is 2. The van der Waals surface area contributed by atoms with Crippen LogP contribution in [-0.4, -0.2) is 16.4 Å². The monoisotopic (exact) mass is 440 g/mol. The average molecular weight is 441 g/mol. The summed E-state index contributed by atoms with van der Waals surface area (Å²) >= 11 is 0. The molecule has 1 amide bonds. The molecular weight excluding hydrogens is 412 g/mol. The number of hydrogen-bond donors (Lipinski definition) is 0. The Morgan fingerprint density at radius 3 is 2.24 bits per heavy atom. The Kier molecular flexibility index (Phi) is 5.66. The zero-order valence-corrected chi connectivity index (χ0v) is 19.4. The fourth-order valence-electron chi connectivity index (χ4n) is 5.05. The second-order valence-electron chi connectivity index (χ2n) is 9.56. The summed E-state index contributed by atoms with van der Waals surface area (Å²) in [4.78, 5) is 26.1. The Balaban J connectivity index is 1.75. The van der Waals surface area contributed by atoms with Crippen molar-refractivity contribution in [3.8, 4) is 0 Å². The SMILES string of the molecule is Cc1ccc(/C=C/C(=O)N2c3ccccc3C(C)(c3ccc([N+](=O)[O-])cc3)CC2(C)C)cc1. The predicted molar refractivity (Wildman–Crippen MR) is 132 cm³/mol. The van der Waals surface area contributed by atoms with Gasteiger partial charge < -0.3 is 4.90 Å². The summed E-state index contributed by atoms with van der Waals surface area (Å²) in [6, 6.07) is 22.8. The van der Waals surface area contributed by atoms with Gasteiger partial charge in [0.1, 0.15) is 0 Å². The summed E-state index contributed by atoms with van der Waals surface area (Å²) in [6.45, 7) is 8.33. The molecule has 1 heterocycles. The molecule has 5 heteroatoms. The highest BCUT2D eigenvalue weighted by atomic mass is 16.6. The van der Waals surface area contributed by atoms with Crippen LogP contribution in [0.25, 0.3) is 6.08 Å². The fraction of sp³-hybridized carbons (Fsp3) is 0.250. The van der Waals surface area contributed by atoms with Gasteiger partial charge in [-0.2, -0.15) is 0 Å². The van der Waals surface area contributed by atoms with Crippen LogP contribution in [-0.2, 0) is 10.2 Å². The summed E-state index contributed by atoms with van der Waals surface area (Å²) in [7, 11) is 0. The van der Waals surface area contributed by atoms with Gasteiger partial charge in [0.05, 0.1) is 4.92 Å². The number of hydrogen-bond acceptors (Lipinski definition) is 3. The molecule has 0 fully saturated rings. The molecule has 1 unspecified atom stereocenters. The topological polar surface area (TPSA) is 63.5 Å². The van der Waals surface area contributed by atoms with E-state index in [1.807, 2.05) is 72.5 Å². The van der Waals surface area contributed by atoms with Gasteiger partial charge in [-0.05, 0) is 56.0 Å². The summed E-state index contributed by atoms with van der Waals surface area (Å²) < 4.78 is 0. The maximum absolute atomic E-state index is 13.4. The van der Waals surface area contributed by atoms with Crippen molar-refractivity contribution in [3.63, 3.8) is 0 Å². The molecule has 0 aromatic heterocycles. The van der Waals surface area contributed by atoms with E-state index in [0.717, 1.165) is 22.4 Å². The first-order valence-electron chi connectivity index (χ1n) is 11.1. The van der Waals surface area contributed by atoms with Crippen LogP contribution in [0.1, 0.15) is 49.4 Å². The largest absolute Gasteiger partial charge is 0.303 e. The van der Waals surface area contributed by atoms with Gasteiger partial charge in [0.2, 0.25) is 0 Å². The highest BCUT2D eigenvalue weighted by molar-refractivity contribution is 6.06. The van der Waals surface area contributed by atoms with Gasteiger partial charge in [-0.1, -0.05) is 67.1 Å². The molecule has 5 nitrogen and oxygen atoms in total. The predicted octanol–water partition coefficient (Wildman–Crippen LogP) is 6.44. The van der Waals surface area contributed by atoms with Gasteiger partial charge in [0.25, 0.3) is 11.6 Å². The number of nitro groups is 1. The van der Waals surface area contributed by atoms with Crippen LogP contribution in [0, 0.1) is 17.0 Å². The third-order valence-corrected chi connectivity index (χ3v) is 6.56. The van der Waals surface area contributed by atoms with Gasteiger partial charge in [-0.15, -0.1) is 0 Å². The van der Waals surface area contributed by atoms with Gasteiger partial charge in [0, 0.05) is 34.9 Å². The first-order valence-corrected chi connectivity index (χ1v) is 11.1. The zero-order valence-electron chi connectivity index (χ0n) is 19.4. The Morgan fingerprint density at radius 2 is 1.61 bits per heavy atom. The minimum Gasteiger partial charge on any atom is -0.303 e. The van der Waals surface area contributed by atoms with Gasteiger partial charge in [0.15, 0.2) is 0 Å². The smallest absolute Gasteiger partial charge is 0.269 e. The molecule has 1 aliphatic heterocycles. The highest BCUT2D eigenvalue weighted by Crippen LogP contribution is 2.50. The molecule has 3 aromatic carbocycles. The average Bonchev–Trinajstić information content (AvgIpc) is 2.78. The van der Waals surface area contributed by atoms with Crippen molar-refractivity contribution < 1.29 is 9.72 Å². The molecule has 0 N–H and O–H groups in total. The second kappa shape index (κ2) is 8.32. The van der Waals surface area contributed by atoms with Crippen molar-refractivity contribution in [2.24, 2.45) is 0 Å². The second-order valence-corrected chi connectivity index (χ2v) is 9.56. The lowest BCUT2D eigenvalue weighted by Gasteiger charge is -2.51. The minimum atomic E-state index is -0.473. The van der Waals surface area contributed by atoms with Crippen LogP contribution < -0.4 is 4.90 Å². The van der Waals surface area contributed by atoms with E-state index in [1.165, 1.54) is 5.56 Å². The lowest BCUT2D eigenvalue weighted by Crippen LogP contribution is -2.55.